The standard InChI is InChI=1S/C13H21NO8/c1-6-20-12(18)21-10(16)8(7-9(15)19-5)14-11(17)22-13(2,3)4/h8H,6-7H2,1-5H3,(H,14,17)/t8-/m0/s1. The highest BCUT2D eigenvalue weighted by molar-refractivity contribution is 5.91. The summed E-state index contributed by atoms with van der Waals surface area (Å²) in [5, 5.41) is 2.14. The van der Waals surface area contributed by atoms with Crippen molar-refractivity contribution < 1.29 is 38.1 Å². The molecule has 126 valence electrons. The minimum atomic E-state index is -1.44. The molecular formula is C13H21NO8. The van der Waals surface area contributed by atoms with Gasteiger partial charge < -0.3 is 24.3 Å². The average Bonchev–Trinajstić information content (AvgIpc) is 2.35. The van der Waals surface area contributed by atoms with E-state index in [1.807, 2.05) is 0 Å². The van der Waals surface area contributed by atoms with Crippen LogP contribution < -0.4 is 5.32 Å². The third-order valence-electron chi connectivity index (χ3n) is 2.02. The zero-order valence-electron chi connectivity index (χ0n) is 13.3. The molecule has 22 heavy (non-hydrogen) atoms. The molecule has 0 heterocycles. The number of nitrogens with one attached hydrogen (secondary N) is 1. The summed E-state index contributed by atoms with van der Waals surface area (Å²) in [6, 6.07) is -1.44. The number of hydrogen-bond acceptors (Lipinski definition) is 8. The lowest BCUT2D eigenvalue weighted by molar-refractivity contribution is -0.149. The third-order valence-corrected chi connectivity index (χ3v) is 2.02. The molecule has 0 aliphatic carbocycles. The lowest BCUT2D eigenvalue weighted by Crippen LogP contribution is -2.46. The molecule has 0 unspecified atom stereocenters. The van der Waals surface area contributed by atoms with E-state index in [2.05, 4.69) is 19.5 Å². The van der Waals surface area contributed by atoms with Gasteiger partial charge in [-0.1, -0.05) is 0 Å². The number of ether oxygens (including phenoxy) is 4. The summed E-state index contributed by atoms with van der Waals surface area (Å²) < 4.78 is 18.2. The van der Waals surface area contributed by atoms with Crippen LogP contribution in [0.15, 0.2) is 0 Å². The van der Waals surface area contributed by atoms with Gasteiger partial charge in [0.05, 0.1) is 20.1 Å². The Kier molecular flexibility index (Phi) is 7.92. The van der Waals surface area contributed by atoms with Gasteiger partial charge in [0.1, 0.15) is 11.6 Å². The summed E-state index contributed by atoms with van der Waals surface area (Å²) in [5.74, 6) is -1.93. The SMILES string of the molecule is CCOC(=O)OC(=O)[C@H](CC(=O)OC)NC(=O)OC(C)(C)C. The van der Waals surface area contributed by atoms with Crippen LogP contribution in [-0.4, -0.2) is 49.5 Å². The molecule has 9 heteroatoms. The topological polar surface area (TPSA) is 117 Å². The van der Waals surface area contributed by atoms with Crippen molar-refractivity contribution in [2.75, 3.05) is 13.7 Å². The van der Waals surface area contributed by atoms with Crippen LogP contribution in [0.5, 0.6) is 0 Å². The van der Waals surface area contributed by atoms with Crippen LogP contribution in [0, 0.1) is 0 Å². The molecular weight excluding hydrogens is 298 g/mol. The quantitative estimate of drug-likeness (QED) is 0.455. The number of alkyl carbamates (subject to hydrolysis) is 1. The smallest absolute Gasteiger partial charge is 0.469 e. The molecule has 0 aliphatic heterocycles. The minimum absolute atomic E-state index is 0.00722. The zero-order chi connectivity index (χ0) is 17.3. The molecule has 9 nitrogen and oxygen atoms in total. The monoisotopic (exact) mass is 319 g/mol. The number of carbonyl (C=O) groups excluding carboxylic acids is 4. The molecule has 1 N–H and O–H groups in total. The van der Waals surface area contributed by atoms with Gasteiger partial charge in [0, 0.05) is 0 Å². The van der Waals surface area contributed by atoms with Crippen LogP contribution in [0.3, 0.4) is 0 Å². The zero-order valence-corrected chi connectivity index (χ0v) is 13.3. The Labute approximate surface area is 128 Å². The number of carbonyl (C=O) groups is 4. The van der Waals surface area contributed by atoms with E-state index in [0.717, 1.165) is 7.11 Å². The van der Waals surface area contributed by atoms with Crippen LogP contribution in [0.25, 0.3) is 0 Å². The van der Waals surface area contributed by atoms with Gasteiger partial charge in [-0.25, -0.2) is 14.4 Å². The summed E-state index contributed by atoms with van der Waals surface area (Å²) in [6.07, 6.45) is -2.69. The second-order valence-corrected chi connectivity index (χ2v) is 5.08. The van der Waals surface area contributed by atoms with E-state index >= 15 is 0 Å². The first kappa shape index (κ1) is 19.7. The van der Waals surface area contributed by atoms with E-state index in [1.165, 1.54) is 6.92 Å². The van der Waals surface area contributed by atoms with E-state index in [4.69, 9.17) is 4.74 Å². The molecule has 0 fully saturated rings. The summed E-state index contributed by atoms with van der Waals surface area (Å²) in [7, 11) is 1.11. The van der Waals surface area contributed by atoms with Crippen LogP contribution >= 0.6 is 0 Å². The fourth-order valence-corrected chi connectivity index (χ4v) is 1.19. The fourth-order valence-electron chi connectivity index (χ4n) is 1.19. The molecule has 0 rings (SSSR count). The number of amides is 1. The molecule has 0 aromatic heterocycles. The summed E-state index contributed by atoms with van der Waals surface area (Å²) in [5.41, 5.74) is -0.801. The number of hydrogen-bond donors (Lipinski definition) is 1. The van der Waals surface area contributed by atoms with E-state index in [0.29, 0.717) is 0 Å². The van der Waals surface area contributed by atoms with Gasteiger partial charge in [0.25, 0.3) is 0 Å². The molecule has 0 saturated heterocycles. The maximum atomic E-state index is 11.8. The largest absolute Gasteiger partial charge is 0.516 e. The van der Waals surface area contributed by atoms with Crippen LogP contribution in [0.4, 0.5) is 9.59 Å². The molecule has 0 aliphatic rings. The van der Waals surface area contributed by atoms with Gasteiger partial charge in [-0.2, -0.15) is 0 Å². The van der Waals surface area contributed by atoms with Gasteiger partial charge >= 0.3 is 24.2 Å². The third kappa shape index (κ3) is 8.77. The predicted molar refractivity (Wildman–Crippen MR) is 72.9 cm³/mol. The first-order valence-electron chi connectivity index (χ1n) is 6.53. The highest BCUT2D eigenvalue weighted by Crippen LogP contribution is 2.08. The number of esters is 2. The van der Waals surface area contributed by atoms with Crippen molar-refractivity contribution in [3.63, 3.8) is 0 Å². The maximum absolute atomic E-state index is 11.8. The van der Waals surface area contributed by atoms with Crippen LogP contribution in [-0.2, 0) is 28.5 Å². The van der Waals surface area contributed by atoms with E-state index in [1.54, 1.807) is 20.8 Å². The molecule has 1 atom stereocenters. The number of rotatable bonds is 5. The first-order chi connectivity index (χ1) is 10.1. The molecule has 0 bridgehead atoms. The lowest BCUT2D eigenvalue weighted by atomic mass is 10.2. The Morgan fingerprint density at radius 1 is 1.14 bits per heavy atom. The Balaban J connectivity index is 4.81. The van der Waals surface area contributed by atoms with E-state index in [-0.39, 0.29) is 6.61 Å². The maximum Gasteiger partial charge on any atom is 0.516 e. The van der Waals surface area contributed by atoms with Crippen molar-refractivity contribution in [1.29, 1.82) is 0 Å². The summed E-state index contributed by atoms with van der Waals surface area (Å²) in [4.78, 5) is 45.8. The Bertz CT molecular complexity index is 426. The second kappa shape index (κ2) is 8.85. The molecule has 0 saturated carbocycles. The summed E-state index contributed by atoms with van der Waals surface area (Å²) >= 11 is 0. The van der Waals surface area contributed by atoms with Crippen LogP contribution in [0.2, 0.25) is 0 Å². The molecule has 0 aromatic carbocycles. The van der Waals surface area contributed by atoms with Gasteiger partial charge in [-0.15, -0.1) is 0 Å². The lowest BCUT2D eigenvalue weighted by Gasteiger charge is -2.22. The van der Waals surface area contributed by atoms with Gasteiger partial charge in [0.15, 0.2) is 0 Å². The van der Waals surface area contributed by atoms with Crippen LogP contribution in [0.1, 0.15) is 34.1 Å². The van der Waals surface area contributed by atoms with Crippen molar-refractivity contribution in [3.05, 3.63) is 0 Å². The van der Waals surface area contributed by atoms with Gasteiger partial charge in [0.2, 0.25) is 0 Å². The highest BCUT2D eigenvalue weighted by Gasteiger charge is 2.30. The minimum Gasteiger partial charge on any atom is -0.469 e. The van der Waals surface area contributed by atoms with Crippen molar-refractivity contribution in [3.8, 4) is 0 Å². The molecule has 1 amide bonds. The van der Waals surface area contributed by atoms with Crippen molar-refractivity contribution in [1.82, 2.24) is 5.32 Å². The van der Waals surface area contributed by atoms with Crippen molar-refractivity contribution >= 4 is 24.2 Å². The van der Waals surface area contributed by atoms with E-state index in [9.17, 15) is 19.2 Å². The predicted octanol–water partition coefficient (Wildman–Crippen LogP) is 1.14. The average molecular weight is 319 g/mol. The van der Waals surface area contributed by atoms with Gasteiger partial charge in [-0.3, -0.25) is 4.79 Å². The Hall–Kier alpha value is -2.32. The summed E-state index contributed by atoms with van der Waals surface area (Å²) in [6.45, 7) is 6.40. The second-order valence-electron chi connectivity index (χ2n) is 5.08. The molecule has 0 spiro atoms. The number of methoxy groups -OCH3 is 1. The first-order valence-corrected chi connectivity index (χ1v) is 6.53. The molecule has 0 aromatic rings. The van der Waals surface area contributed by atoms with Gasteiger partial charge in [-0.05, 0) is 27.7 Å². The Morgan fingerprint density at radius 2 is 1.73 bits per heavy atom. The van der Waals surface area contributed by atoms with E-state index < -0.39 is 42.3 Å². The highest BCUT2D eigenvalue weighted by atomic mass is 16.7. The fraction of sp³-hybridized carbons (Fsp3) is 0.692. The molecule has 0 radical (unpaired) electrons. The van der Waals surface area contributed by atoms with Crippen molar-refractivity contribution in [2.24, 2.45) is 0 Å². The Morgan fingerprint density at radius 3 is 2.18 bits per heavy atom. The normalized spacial score (nSPS) is 11.9. The van der Waals surface area contributed by atoms with Crippen molar-refractivity contribution in [2.45, 2.75) is 45.8 Å².